The van der Waals surface area contributed by atoms with E-state index in [1.54, 1.807) is 6.07 Å². The third-order valence-electron chi connectivity index (χ3n) is 5.78. The standard InChI is InChI=1S/C25H36N4O2/c1-2-14-26-25(31)27-23-20-21(12-13-24(23)30)9-5-4-8-15-28-16-18-29(19-17-28)22-10-6-3-7-11-22/h3,6-7,10-13,20,30H,2,4-5,8-9,14-19H2,1H3,(H2,26,27,31). The van der Waals surface area contributed by atoms with Gasteiger partial charge in [-0.2, -0.15) is 0 Å². The fourth-order valence-electron chi connectivity index (χ4n) is 3.95. The molecule has 31 heavy (non-hydrogen) atoms. The maximum absolute atomic E-state index is 11.8. The summed E-state index contributed by atoms with van der Waals surface area (Å²) in [4.78, 5) is 16.9. The van der Waals surface area contributed by atoms with Gasteiger partial charge in [-0.05, 0) is 62.1 Å². The summed E-state index contributed by atoms with van der Waals surface area (Å²) in [5, 5.41) is 15.5. The molecule has 2 aromatic carbocycles. The third kappa shape index (κ3) is 7.47. The van der Waals surface area contributed by atoms with Crippen molar-refractivity contribution < 1.29 is 9.90 Å². The van der Waals surface area contributed by atoms with Crippen molar-refractivity contribution in [1.82, 2.24) is 10.2 Å². The smallest absolute Gasteiger partial charge is 0.319 e. The summed E-state index contributed by atoms with van der Waals surface area (Å²) in [6, 6.07) is 15.9. The van der Waals surface area contributed by atoms with Crippen LogP contribution in [0.5, 0.6) is 5.75 Å². The number of phenolic OH excluding ortho intramolecular Hbond substituents is 1. The van der Waals surface area contributed by atoms with Crippen molar-refractivity contribution in [1.29, 1.82) is 0 Å². The average molecular weight is 425 g/mol. The predicted molar refractivity (Wildman–Crippen MR) is 128 cm³/mol. The van der Waals surface area contributed by atoms with Crippen molar-refractivity contribution >= 4 is 17.4 Å². The molecule has 3 rings (SSSR count). The number of benzene rings is 2. The average Bonchev–Trinajstić information content (AvgIpc) is 2.80. The number of piperazine rings is 1. The quantitative estimate of drug-likeness (QED) is 0.389. The summed E-state index contributed by atoms with van der Waals surface area (Å²) in [7, 11) is 0. The number of phenols is 1. The number of carbonyl (C=O) groups excluding carboxylic acids is 1. The number of anilines is 2. The van der Waals surface area contributed by atoms with Gasteiger partial charge in [-0.3, -0.25) is 4.90 Å². The molecule has 0 bridgehead atoms. The van der Waals surface area contributed by atoms with E-state index in [2.05, 4.69) is 50.8 Å². The van der Waals surface area contributed by atoms with Crippen LogP contribution in [0.15, 0.2) is 48.5 Å². The molecule has 0 aromatic heterocycles. The molecule has 0 aliphatic carbocycles. The second kappa shape index (κ2) is 12.2. The normalized spacial score (nSPS) is 14.4. The molecule has 0 unspecified atom stereocenters. The number of urea groups is 1. The minimum atomic E-state index is -0.276. The molecular formula is C25H36N4O2. The number of carbonyl (C=O) groups is 1. The highest BCUT2D eigenvalue weighted by Crippen LogP contribution is 2.25. The number of nitrogens with zero attached hydrogens (tertiary/aromatic N) is 2. The molecule has 1 aliphatic rings. The van der Waals surface area contributed by atoms with Gasteiger partial charge < -0.3 is 20.6 Å². The molecule has 1 saturated heterocycles. The van der Waals surface area contributed by atoms with E-state index < -0.39 is 0 Å². The third-order valence-corrected chi connectivity index (χ3v) is 5.78. The number of para-hydroxylation sites is 1. The summed E-state index contributed by atoms with van der Waals surface area (Å²) in [6.07, 6.45) is 5.32. The molecule has 2 amide bonds. The summed E-state index contributed by atoms with van der Waals surface area (Å²) >= 11 is 0. The molecule has 0 saturated carbocycles. The van der Waals surface area contributed by atoms with E-state index in [-0.39, 0.29) is 11.8 Å². The van der Waals surface area contributed by atoms with Gasteiger partial charge in [0.2, 0.25) is 0 Å². The maximum atomic E-state index is 11.8. The monoisotopic (exact) mass is 424 g/mol. The first-order valence-electron chi connectivity index (χ1n) is 11.5. The Kier molecular flexibility index (Phi) is 9.03. The molecule has 0 spiro atoms. The molecule has 168 valence electrons. The van der Waals surface area contributed by atoms with Gasteiger partial charge in [-0.25, -0.2) is 4.79 Å². The molecular weight excluding hydrogens is 388 g/mol. The molecule has 0 radical (unpaired) electrons. The number of nitrogens with one attached hydrogen (secondary N) is 2. The van der Waals surface area contributed by atoms with Crippen LogP contribution in [0.2, 0.25) is 0 Å². The van der Waals surface area contributed by atoms with E-state index in [1.165, 1.54) is 18.5 Å². The minimum absolute atomic E-state index is 0.102. The topological polar surface area (TPSA) is 67.8 Å². The molecule has 1 fully saturated rings. The van der Waals surface area contributed by atoms with Crippen molar-refractivity contribution in [3.8, 4) is 5.75 Å². The van der Waals surface area contributed by atoms with E-state index in [9.17, 15) is 9.90 Å². The first-order valence-corrected chi connectivity index (χ1v) is 11.5. The summed E-state index contributed by atoms with van der Waals surface area (Å²) in [5.41, 5.74) is 2.94. The summed E-state index contributed by atoms with van der Waals surface area (Å²) in [5.74, 6) is 0.102. The number of aromatic hydroxyl groups is 1. The Morgan fingerprint density at radius 3 is 2.52 bits per heavy atom. The zero-order valence-corrected chi connectivity index (χ0v) is 18.6. The Hall–Kier alpha value is -2.73. The van der Waals surface area contributed by atoms with E-state index in [0.29, 0.717) is 12.2 Å². The highest BCUT2D eigenvalue weighted by molar-refractivity contribution is 5.90. The fourth-order valence-corrected chi connectivity index (χ4v) is 3.95. The zero-order chi connectivity index (χ0) is 21.9. The van der Waals surface area contributed by atoms with Gasteiger partial charge in [-0.1, -0.05) is 37.6 Å². The molecule has 1 aliphatic heterocycles. The Bertz CT molecular complexity index is 804. The van der Waals surface area contributed by atoms with E-state index in [1.807, 2.05) is 19.1 Å². The van der Waals surface area contributed by atoms with Crippen molar-refractivity contribution in [2.75, 3.05) is 49.5 Å². The first kappa shape index (κ1) is 22.9. The van der Waals surface area contributed by atoms with Crippen molar-refractivity contribution in [3.05, 3.63) is 54.1 Å². The lowest BCUT2D eigenvalue weighted by Gasteiger charge is -2.36. The van der Waals surface area contributed by atoms with Crippen LogP contribution >= 0.6 is 0 Å². The maximum Gasteiger partial charge on any atom is 0.319 e. The Labute approximate surface area is 186 Å². The van der Waals surface area contributed by atoms with Crippen LogP contribution < -0.4 is 15.5 Å². The number of aryl methyl sites for hydroxylation is 1. The van der Waals surface area contributed by atoms with Crippen molar-refractivity contribution in [2.24, 2.45) is 0 Å². The van der Waals surface area contributed by atoms with Gasteiger partial charge in [-0.15, -0.1) is 0 Å². The number of rotatable bonds is 10. The number of hydrogen-bond acceptors (Lipinski definition) is 4. The molecule has 6 nitrogen and oxygen atoms in total. The van der Waals surface area contributed by atoms with Gasteiger partial charge in [0, 0.05) is 38.4 Å². The minimum Gasteiger partial charge on any atom is -0.506 e. The lowest BCUT2D eigenvalue weighted by molar-refractivity contribution is 0.252. The lowest BCUT2D eigenvalue weighted by Crippen LogP contribution is -2.46. The molecule has 0 atom stereocenters. The van der Waals surface area contributed by atoms with Crippen molar-refractivity contribution in [2.45, 2.75) is 39.0 Å². The van der Waals surface area contributed by atoms with E-state index in [4.69, 9.17) is 0 Å². The summed E-state index contributed by atoms with van der Waals surface area (Å²) in [6.45, 7) is 8.22. The molecule has 2 aromatic rings. The molecule has 6 heteroatoms. The van der Waals surface area contributed by atoms with E-state index in [0.717, 1.165) is 57.5 Å². The second-order valence-electron chi connectivity index (χ2n) is 8.21. The van der Waals surface area contributed by atoms with Gasteiger partial charge in [0.1, 0.15) is 5.75 Å². The largest absolute Gasteiger partial charge is 0.506 e. The van der Waals surface area contributed by atoms with Crippen LogP contribution in [0.1, 0.15) is 38.2 Å². The van der Waals surface area contributed by atoms with Crippen LogP contribution in [0.25, 0.3) is 0 Å². The van der Waals surface area contributed by atoms with Gasteiger partial charge in [0.15, 0.2) is 0 Å². The van der Waals surface area contributed by atoms with Crippen LogP contribution in [-0.2, 0) is 6.42 Å². The fraction of sp³-hybridized carbons (Fsp3) is 0.480. The lowest BCUT2D eigenvalue weighted by atomic mass is 10.1. The van der Waals surface area contributed by atoms with Gasteiger partial charge in [0.05, 0.1) is 5.69 Å². The molecule has 3 N–H and O–H groups in total. The Balaban J connectivity index is 1.33. The number of hydrogen-bond donors (Lipinski definition) is 3. The van der Waals surface area contributed by atoms with E-state index >= 15 is 0 Å². The summed E-state index contributed by atoms with van der Waals surface area (Å²) < 4.78 is 0. The van der Waals surface area contributed by atoms with Gasteiger partial charge in [0.25, 0.3) is 0 Å². The number of amides is 2. The predicted octanol–water partition coefficient (Wildman–Crippen LogP) is 4.46. The Morgan fingerprint density at radius 2 is 1.77 bits per heavy atom. The highest BCUT2D eigenvalue weighted by atomic mass is 16.3. The van der Waals surface area contributed by atoms with Crippen LogP contribution in [0.4, 0.5) is 16.2 Å². The SMILES string of the molecule is CCCNC(=O)Nc1cc(CCCCCN2CCN(c3ccccc3)CC2)ccc1O. The first-order chi connectivity index (χ1) is 15.2. The van der Waals surface area contributed by atoms with Crippen LogP contribution in [0, 0.1) is 0 Å². The van der Waals surface area contributed by atoms with Gasteiger partial charge >= 0.3 is 6.03 Å². The van der Waals surface area contributed by atoms with Crippen LogP contribution in [-0.4, -0.2) is 55.3 Å². The molecule has 1 heterocycles. The Morgan fingerprint density at radius 1 is 1.00 bits per heavy atom. The number of unbranched alkanes of at least 4 members (excludes halogenated alkanes) is 2. The van der Waals surface area contributed by atoms with Crippen molar-refractivity contribution in [3.63, 3.8) is 0 Å². The second-order valence-corrected chi connectivity index (χ2v) is 8.21. The van der Waals surface area contributed by atoms with Crippen LogP contribution in [0.3, 0.4) is 0 Å². The zero-order valence-electron chi connectivity index (χ0n) is 18.6. The highest BCUT2D eigenvalue weighted by Gasteiger charge is 2.16.